The van der Waals surface area contributed by atoms with E-state index in [0.717, 1.165) is 12.8 Å². The summed E-state index contributed by atoms with van der Waals surface area (Å²) in [6.07, 6.45) is 10.3. The van der Waals surface area contributed by atoms with E-state index in [9.17, 15) is 0 Å². The molecule has 1 aliphatic carbocycles. The minimum absolute atomic E-state index is 0.152. The Morgan fingerprint density at radius 3 is 2.65 bits per heavy atom. The summed E-state index contributed by atoms with van der Waals surface area (Å²) in [7, 11) is 1.60. The fourth-order valence-electron chi connectivity index (χ4n) is 3.66. The van der Waals surface area contributed by atoms with E-state index in [4.69, 9.17) is 14.7 Å². The van der Waals surface area contributed by atoms with Gasteiger partial charge in [-0.3, -0.25) is 0 Å². The smallest absolute Gasteiger partial charge is 0.162 e. The second-order valence-electron chi connectivity index (χ2n) is 6.90. The number of methoxy groups -OCH3 is 1. The standard InChI is InChI=1S/C23H25NO2/c1-25-22-16-20(18-24)10-11-21(22)26-15-14-23(12-6-3-7-13-23)17-19-8-4-2-5-9-19/h2,4-6,8-12,16H,3,7,13-15,17H2,1H3. The Morgan fingerprint density at radius 1 is 1.12 bits per heavy atom. The van der Waals surface area contributed by atoms with Crippen LogP contribution in [0.15, 0.2) is 60.7 Å². The van der Waals surface area contributed by atoms with Crippen molar-refractivity contribution in [1.82, 2.24) is 0 Å². The zero-order valence-corrected chi connectivity index (χ0v) is 15.3. The van der Waals surface area contributed by atoms with Crippen molar-refractivity contribution < 1.29 is 9.47 Å². The molecule has 0 fully saturated rings. The van der Waals surface area contributed by atoms with Crippen molar-refractivity contribution in [2.75, 3.05) is 13.7 Å². The Labute approximate surface area is 155 Å². The molecular formula is C23H25NO2. The van der Waals surface area contributed by atoms with Crippen LogP contribution in [0, 0.1) is 16.7 Å². The Hall–Kier alpha value is -2.73. The number of rotatable bonds is 7. The van der Waals surface area contributed by atoms with Gasteiger partial charge in [0.1, 0.15) is 0 Å². The molecule has 2 aromatic carbocycles. The van der Waals surface area contributed by atoms with E-state index in [1.54, 1.807) is 19.2 Å². The maximum Gasteiger partial charge on any atom is 0.162 e. The average molecular weight is 347 g/mol. The van der Waals surface area contributed by atoms with E-state index in [-0.39, 0.29) is 5.41 Å². The van der Waals surface area contributed by atoms with Gasteiger partial charge in [-0.2, -0.15) is 5.26 Å². The molecule has 0 bridgehead atoms. The van der Waals surface area contributed by atoms with Gasteiger partial charge in [0.05, 0.1) is 25.3 Å². The molecule has 1 atom stereocenters. The molecule has 3 rings (SSSR count). The van der Waals surface area contributed by atoms with Crippen LogP contribution in [0.5, 0.6) is 11.5 Å². The summed E-state index contributed by atoms with van der Waals surface area (Å²) in [4.78, 5) is 0. The average Bonchev–Trinajstić information content (AvgIpc) is 2.69. The Bertz CT molecular complexity index is 792. The SMILES string of the molecule is COc1cc(C#N)ccc1OCCC1(Cc2ccccc2)C=CCCC1. The number of benzene rings is 2. The van der Waals surface area contributed by atoms with Crippen LogP contribution >= 0.6 is 0 Å². The molecule has 2 aromatic rings. The van der Waals surface area contributed by atoms with Gasteiger partial charge in [-0.15, -0.1) is 0 Å². The fraction of sp³-hybridized carbons (Fsp3) is 0.348. The largest absolute Gasteiger partial charge is 0.493 e. The maximum atomic E-state index is 9.01. The minimum Gasteiger partial charge on any atom is -0.493 e. The first-order valence-electron chi connectivity index (χ1n) is 9.17. The predicted octanol–water partition coefficient (Wildman–Crippen LogP) is 5.30. The van der Waals surface area contributed by atoms with Crippen molar-refractivity contribution in [2.45, 2.75) is 32.1 Å². The van der Waals surface area contributed by atoms with E-state index in [1.807, 2.05) is 6.07 Å². The van der Waals surface area contributed by atoms with Gasteiger partial charge < -0.3 is 9.47 Å². The molecule has 0 saturated carbocycles. The summed E-state index contributed by atoms with van der Waals surface area (Å²) in [5.74, 6) is 1.31. The van der Waals surface area contributed by atoms with Gasteiger partial charge in [-0.25, -0.2) is 0 Å². The molecule has 0 radical (unpaired) electrons. The summed E-state index contributed by atoms with van der Waals surface area (Å²) >= 11 is 0. The zero-order valence-electron chi connectivity index (χ0n) is 15.3. The number of ether oxygens (including phenoxy) is 2. The fourth-order valence-corrected chi connectivity index (χ4v) is 3.66. The monoisotopic (exact) mass is 347 g/mol. The van der Waals surface area contributed by atoms with Gasteiger partial charge in [0.2, 0.25) is 0 Å². The summed E-state index contributed by atoms with van der Waals surface area (Å²) in [6, 6.07) is 18.1. The molecule has 26 heavy (non-hydrogen) atoms. The van der Waals surface area contributed by atoms with Crippen molar-refractivity contribution in [3.63, 3.8) is 0 Å². The molecule has 3 nitrogen and oxygen atoms in total. The third-order valence-electron chi connectivity index (χ3n) is 5.07. The molecule has 0 aromatic heterocycles. The molecule has 0 spiro atoms. The third kappa shape index (κ3) is 4.46. The van der Waals surface area contributed by atoms with Gasteiger partial charge in [-0.05, 0) is 55.2 Å². The molecule has 134 valence electrons. The number of nitriles is 1. The zero-order chi connectivity index (χ0) is 18.2. The van der Waals surface area contributed by atoms with Crippen molar-refractivity contribution in [1.29, 1.82) is 5.26 Å². The number of hydrogen-bond acceptors (Lipinski definition) is 3. The normalized spacial score (nSPS) is 18.9. The van der Waals surface area contributed by atoms with E-state index in [0.29, 0.717) is 23.7 Å². The lowest BCUT2D eigenvalue weighted by molar-refractivity contribution is 0.211. The molecule has 1 unspecified atom stereocenters. The predicted molar refractivity (Wildman–Crippen MR) is 103 cm³/mol. The first-order valence-corrected chi connectivity index (χ1v) is 9.17. The van der Waals surface area contributed by atoms with Gasteiger partial charge in [-0.1, -0.05) is 42.5 Å². The molecule has 3 heteroatoms. The summed E-state index contributed by atoms with van der Waals surface area (Å²) in [5.41, 5.74) is 2.10. The number of allylic oxidation sites excluding steroid dienone is 2. The highest BCUT2D eigenvalue weighted by molar-refractivity contribution is 5.46. The van der Waals surface area contributed by atoms with Crippen LogP contribution in [0.25, 0.3) is 0 Å². The van der Waals surface area contributed by atoms with Crippen LogP contribution in [-0.4, -0.2) is 13.7 Å². The molecule has 1 aliphatic rings. The molecular weight excluding hydrogens is 322 g/mol. The van der Waals surface area contributed by atoms with Crippen LogP contribution < -0.4 is 9.47 Å². The summed E-state index contributed by atoms with van der Waals surface area (Å²) < 4.78 is 11.4. The summed E-state index contributed by atoms with van der Waals surface area (Å²) in [6.45, 7) is 0.624. The minimum atomic E-state index is 0.152. The van der Waals surface area contributed by atoms with E-state index >= 15 is 0 Å². The Balaban J connectivity index is 1.68. The second-order valence-corrected chi connectivity index (χ2v) is 6.90. The van der Waals surface area contributed by atoms with Gasteiger partial charge in [0, 0.05) is 6.07 Å². The van der Waals surface area contributed by atoms with Crippen LogP contribution in [0.3, 0.4) is 0 Å². The Morgan fingerprint density at radius 2 is 1.96 bits per heavy atom. The lowest BCUT2D eigenvalue weighted by atomic mass is 9.72. The highest BCUT2D eigenvalue weighted by Gasteiger charge is 2.29. The lowest BCUT2D eigenvalue weighted by Gasteiger charge is -2.33. The highest BCUT2D eigenvalue weighted by atomic mass is 16.5. The second kappa shape index (κ2) is 8.58. The van der Waals surface area contributed by atoms with Crippen LogP contribution in [0.4, 0.5) is 0 Å². The third-order valence-corrected chi connectivity index (χ3v) is 5.07. The summed E-state index contributed by atoms with van der Waals surface area (Å²) in [5, 5.41) is 9.01. The van der Waals surface area contributed by atoms with Crippen molar-refractivity contribution in [3.05, 3.63) is 71.8 Å². The van der Waals surface area contributed by atoms with E-state index < -0.39 is 0 Å². The highest BCUT2D eigenvalue weighted by Crippen LogP contribution is 2.38. The maximum absolute atomic E-state index is 9.01. The topological polar surface area (TPSA) is 42.2 Å². The molecule has 0 heterocycles. The van der Waals surface area contributed by atoms with Crippen LogP contribution in [0.2, 0.25) is 0 Å². The van der Waals surface area contributed by atoms with Crippen molar-refractivity contribution in [3.8, 4) is 17.6 Å². The Kier molecular flexibility index (Phi) is 5.96. The van der Waals surface area contributed by atoms with Crippen LogP contribution in [0.1, 0.15) is 36.8 Å². The lowest BCUT2D eigenvalue weighted by Crippen LogP contribution is -2.26. The quantitative estimate of drug-likeness (QED) is 0.638. The molecule has 0 saturated heterocycles. The van der Waals surface area contributed by atoms with Crippen LogP contribution in [-0.2, 0) is 6.42 Å². The van der Waals surface area contributed by atoms with Crippen molar-refractivity contribution in [2.24, 2.45) is 5.41 Å². The van der Waals surface area contributed by atoms with Gasteiger partial charge in [0.15, 0.2) is 11.5 Å². The molecule has 0 N–H and O–H groups in total. The number of nitrogens with zero attached hydrogens (tertiary/aromatic N) is 1. The van der Waals surface area contributed by atoms with E-state index in [2.05, 4.69) is 48.6 Å². The van der Waals surface area contributed by atoms with Gasteiger partial charge >= 0.3 is 0 Å². The molecule has 0 amide bonds. The van der Waals surface area contributed by atoms with Crippen molar-refractivity contribution >= 4 is 0 Å². The molecule has 0 aliphatic heterocycles. The van der Waals surface area contributed by atoms with Gasteiger partial charge in [0.25, 0.3) is 0 Å². The first-order chi connectivity index (χ1) is 12.7. The number of hydrogen-bond donors (Lipinski definition) is 0. The van der Waals surface area contributed by atoms with E-state index in [1.165, 1.54) is 24.8 Å². The first kappa shape index (κ1) is 18.1.